The number of benzene rings is 2. The number of hydrogen-bond donors (Lipinski definition) is 0. The third-order valence-corrected chi connectivity index (χ3v) is 7.06. The summed E-state index contributed by atoms with van der Waals surface area (Å²) in [6.45, 7) is 8.63. The minimum absolute atomic E-state index is 0.156. The molecule has 0 saturated carbocycles. The first-order valence-electron chi connectivity index (χ1n) is 12.6. The molecule has 0 N–H and O–H groups in total. The van der Waals surface area contributed by atoms with E-state index in [0.717, 1.165) is 62.7 Å². The molecule has 5 rings (SSSR count). The number of allylic oxidation sites excluding steroid dienone is 1. The molecule has 1 fully saturated rings. The zero-order valence-corrected chi connectivity index (χ0v) is 21.9. The second-order valence-corrected chi connectivity index (χ2v) is 9.40. The summed E-state index contributed by atoms with van der Waals surface area (Å²) >= 11 is 0. The molecule has 0 spiro atoms. The van der Waals surface area contributed by atoms with E-state index >= 15 is 0 Å². The molecule has 198 valence electrons. The van der Waals surface area contributed by atoms with Crippen molar-refractivity contribution in [1.82, 2.24) is 9.80 Å². The van der Waals surface area contributed by atoms with Gasteiger partial charge in [0, 0.05) is 37.8 Å². The van der Waals surface area contributed by atoms with Gasteiger partial charge in [-0.05, 0) is 43.7 Å². The maximum atomic E-state index is 13.5. The van der Waals surface area contributed by atoms with Gasteiger partial charge in [-0.2, -0.15) is 0 Å². The minimum Gasteiger partial charge on any atom is -0.496 e. The third kappa shape index (κ3) is 5.12. The summed E-state index contributed by atoms with van der Waals surface area (Å²) in [5.74, 6) is 3.07. The summed E-state index contributed by atoms with van der Waals surface area (Å²) in [4.78, 5) is 18.1. The Kier molecular flexibility index (Phi) is 7.55. The highest BCUT2D eigenvalue weighted by molar-refractivity contribution is 6.16. The van der Waals surface area contributed by atoms with E-state index in [4.69, 9.17) is 28.4 Å². The molecule has 37 heavy (non-hydrogen) atoms. The Morgan fingerprint density at radius 3 is 2.38 bits per heavy atom. The minimum atomic E-state index is -0.156. The number of methoxy groups -OCH3 is 3. The van der Waals surface area contributed by atoms with Crippen LogP contribution in [-0.2, 0) is 11.3 Å². The molecule has 0 atom stereocenters. The highest BCUT2D eigenvalue weighted by Gasteiger charge is 2.35. The lowest BCUT2D eigenvalue weighted by Gasteiger charge is -2.31. The second kappa shape index (κ2) is 11.0. The molecule has 9 nitrogen and oxygen atoms in total. The largest absolute Gasteiger partial charge is 0.496 e. The number of carbonyl (C=O) groups is 1. The topological polar surface area (TPSA) is 78.9 Å². The van der Waals surface area contributed by atoms with Crippen LogP contribution in [0.5, 0.6) is 28.7 Å². The first-order chi connectivity index (χ1) is 18.0. The summed E-state index contributed by atoms with van der Waals surface area (Å²) in [6.07, 6.45) is 2.73. The molecule has 9 heteroatoms. The Hall–Kier alpha value is -3.27. The standard InChI is InChI=1S/C28H34N2O7/c1-18-12-22-20(16-30(17-36-22)7-5-6-29-8-10-35-11-9-29)28-26(18)27(31)25(37-28)14-19-13-23(33-3)24(34-4)15-21(19)32-2/h12-15H,5-11,16-17H2,1-4H3/b25-14-. The van der Waals surface area contributed by atoms with Crippen LogP contribution in [-0.4, -0.2) is 83.0 Å². The fraction of sp³-hybridized carbons (Fsp3) is 0.464. The number of nitrogens with zero attached hydrogens (tertiary/aromatic N) is 2. The molecule has 3 aliphatic heterocycles. The van der Waals surface area contributed by atoms with Gasteiger partial charge in [0.15, 0.2) is 17.3 Å². The summed E-state index contributed by atoms with van der Waals surface area (Å²) in [5.41, 5.74) is 2.99. The molecular formula is C28H34N2O7. The van der Waals surface area contributed by atoms with Crippen molar-refractivity contribution < 1.29 is 33.2 Å². The normalized spacial score (nSPS) is 18.7. The van der Waals surface area contributed by atoms with Crippen LogP contribution in [0.2, 0.25) is 0 Å². The van der Waals surface area contributed by atoms with Gasteiger partial charge in [-0.1, -0.05) is 0 Å². The molecule has 1 saturated heterocycles. The van der Waals surface area contributed by atoms with Crippen LogP contribution < -0.4 is 23.7 Å². The maximum Gasteiger partial charge on any atom is 0.232 e. The predicted molar refractivity (Wildman–Crippen MR) is 138 cm³/mol. The summed E-state index contributed by atoms with van der Waals surface area (Å²) in [6, 6.07) is 5.44. The zero-order valence-electron chi connectivity index (χ0n) is 21.9. The number of ketones is 1. The number of fused-ring (bicyclic) bond motifs is 3. The molecule has 0 bridgehead atoms. The summed E-state index contributed by atoms with van der Waals surface area (Å²) in [5, 5.41) is 0. The van der Waals surface area contributed by atoms with Gasteiger partial charge in [-0.25, -0.2) is 0 Å². The van der Waals surface area contributed by atoms with E-state index in [9.17, 15) is 4.79 Å². The van der Waals surface area contributed by atoms with Gasteiger partial charge in [-0.15, -0.1) is 0 Å². The first-order valence-corrected chi connectivity index (χ1v) is 12.6. The molecular weight excluding hydrogens is 476 g/mol. The number of aryl methyl sites for hydroxylation is 1. The van der Waals surface area contributed by atoms with E-state index in [-0.39, 0.29) is 11.5 Å². The van der Waals surface area contributed by atoms with Crippen LogP contribution in [0.25, 0.3) is 6.08 Å². The lowest BCUT2D eigenvalue weighted by Crippen LogP contribution is -2.39. The highest BCUT2D eigenvalue weighted by Crippen LogP contribution is 2.45. The molecule has 3 aliphatic rings. The lowest BCUT2D eigenvalue weighted by atomic mass is 9.98. The van der Waals surface area contributed by atoms with Crippen LogP contribution in [0.4, 0.5) is 0 Å². The highest BCUT2D eigenvalue weighted by atomic mass is 16.5. The molecule has 3 heterocycles. The van der Waals surface area contributed by atoms with Crippen molar-refractivity contribution in [2.24, 2.45) is 0 Å². The molecule has 0 amide bonds. The molecule has 0 aliphatic carbocycles. The number of hydrogen-bond acceptors (Lipinski definition) is 9. The Bertz CT molecular complexity index is 1200. The van der Waals surface area contributed by atoms with Gasteiger partial charge in [0.1, 0.15) is 24.0 Å². The molecule has 0 radical (unpaired) electrons. The Morgan fingerprint density at radius 2 is 1.65 bits per heavy atom. The van der Waals surface area contributed by atoms with Crippen molar-refractivity contribution in [2.45, 2.75) is 19.9 Å². The van der Waals surface area contributed by atoms with E-state index in [1.807, 2.05) is 13.0 Å². The van der Waals surface area contributed by atoms with Crippen molar-refractivity contribution in [3.05, 3.63) is 46.2 Å². The van der Waals surface area contributed by atoms with Crippen molar-refractivity contribution in [1.29, 1.82) is 0 Å². The van der Waals surface area contributed by atoms with Gasteiger partial charge in [-0.3, -0.25) is 14.6 Å². The molecule has 2 aromatic carbocycles. The van der Waals surface area contributed by atoms with Crippen molar-refractivity contribution in [3.8, 4) is 28.7 Å². The van der Waals surface area contributed by atoms with Crippen LogP contribution in [0.3, 0.4) is 0 Å². The Morgan fingerprint density at radius 1 is 0.946 bits per heavy atom. The quantitative estimate of drug-likeness (QED) is 0.496. The molecule has 2 aromatic rings. The van der Waals surface area contributed by atoms with Gasteiger partial charge in [0.25, 0.3) is 0 Å². The number of Topliss-reactive ketones (excluding diaryl/α,β-unsaturated/α-hetero) is 1. The first kappa shape index (κ1) is 25.4. The number of carbonyl (C=O) groups excluding carboxylic acids is 1. The monoisotopic (exact) mass is 510 g/mol. The van der Waals surface area contributed by atoms with Crippen LogP contribution >= 0.6 is 0 Å². The molecule has 0 aromatic heterocycles. The SMILES string of the molecule is COc1cc(OC)c(OC)cc1/C=C1\Oc2c3c(cc(C)c2C1=O)OCN(CCCN1CCOCC1)C3. The zero-order chi connectivity index (χ0) is 25.9. The number of morpholine rings is 1. The van der Waals surface area contributed by atoms with E-state index in [1.165, 1.54) is 0 Å². The maximum absolute atomic E-state index is 13.5. The van der Waals surface area contributed by atoms with Gasteiger partial charge in [0.2, 0.25) is 5.78 Å². The van der Waals surface area contributed by atoms with E-state index < -0.39 is 0 Å². The van der Waals surface area contributed by atoms with Crippen molar-refractivity contribution in [2.75, 3.05) is 67.5 Å². The Balaban J connectivity index is 1.37. The van der Waals surface area contributed by atoms with E-state index in [0.29, 0.717) is 47.4 Å². The smallest absolute Gasteiger partial charge is 0.232 e. The third-order valence-electron chi connectivity index (χ3n) is 7.06. The molecule has 0 unspecified atom stereocenters. The van der Waals surface area contributed by atoms with Crippen molar-refractivity contribution >= 4 is 11.9 Å². The second-order valence-electron chi connectivity index (χ2n) is 9.40. The lowest BCUT2D eigenvalue weighted by molar-refractivity contribution is 0.0329. The van der Waals surface area contributed by atoms with Crippen LogP contribution in [0.15, 0.2) is 24.0 Å². The van der Waals surface area contributed by atoms with Crippen molar-refractivity contribution in [3.63, 3.8) is 0 Å². The van der Waals surface area contributed by atoms with Gasteiger partial charge < -0.3 is 28.4 Å². The average molecular weight is 511 g/mol. The Labute approximate surface area is 217 Å². The van der Waals surface area contributed by atoms with Gasteiger partial charge >= 0.3 is 0 Å². The number of rotatable bonds is 8. The van der Waals surface area contributed by atoms with Crippen LogP contribution in [0, 0.1) is 6.92 Å². The fourth-order valence-corrected chi connectivity index (χ4v) is 5.07. The predicted octanol–water partition coefficient (Wildman–Crippen LogP) is 3.51. The van der Waals surface area contributed by atoms with Crippen LogP contribution in [0.1, 0.15) is 33.5 Å². The fourth-order valence-electron chi connectivity index (χ4n) is 5.07. The van der Waals surface area contributed by atoms with Gasteiger partial charge in [0.05, 0.1) is 45.7 Å². The van der Waals surface area contributed by atoms with E-state index in [2.05, 4.69) is 9.80 Å². The average Bonchev–Trinajstić information content (AvgIpc) is 3.25. The summed E-state index contributed by atoms with van der Waals surface area (Å²) < 4.78 is 34.1. The van der Waals surface area contributed by atoms with E-state index in [1.54, 1.807) is 39.5 Å². The number of ether oxygens (including phenoxy) is 6. The summed E-state index contributed by atoms with van der Waals surface area (Å²) in [7, 11) is 4.70.